The number of hydrogen-bond acceptors (Lipinski definition) is 6. The normalized spacial score (nSPS) is 17.0. The number of carbonyl (C=O) groups excluding carboxylic acids is 1. The van der Waals surface area contributed by atoms with Gasteiger partial charge in [-0.3, -0.25) is 14.8 Å². The van der Waals surface area contributed by atoms with Gasteiger partial charge in [0.15, 0.2) is 5.13 Å². The molecular formula is C20H21N5O3S2. The second kappa shape index (κ2) is 7.29. The van der Waals surface area contributed by atoms with E-state index in [1.807, 2.05) is 30.3 Å². The number of anilines is 1. The number of fused-ring (bicyclic) bond motifs is 1. The van der Waals surface area contributed by atoms with Gasteiger partial charge in [-0.15, -0.1) is 11.3 Å². The van der Waals surface area contributed by atoms with E-state index >= 15 is 0 Å². The molecule has 10 heteroatoms. The van der Waals surface area contributed by atoms with Crippen molar-refractivity contribution < 1.29 is 13.2 Å². The van der Waals surface area contributed by atoms with Gasteiger partial charge in [-0.05, 0) is 18.9 Å². The van der Waals surface area contributed by atoms with Crippen molar-refractivity contribution in [3.05, 3.63) is 52.7 Å². The molecule has 2 aromatic heterocycles. The first-order valence-corrected chi connectivity index (χ1v) is 12.1. The molecular weight excluding hydrogens is 422 g/mol. The van der Waals surface area contributed by atoms with Crippen molar-refractivity contribution in [1.29, 1.82) is 0 Å². The minimum Gasteiger partial charge on any atom is -0.296 e. The molecule has 0 radical (unpaired) electrons. The molecule has 1 aliphatic carbocycles. The quantitative estimate of drug-likeness (QED) is 0.654. The Hall–Kier alpha value is -2.56. The van der Waals surface area contributed by atoms with Crippen molar-refractivity contribution in [3.63, 3.8) is 0 Å². The smallest absolute Gasteiger partial charge is 0.275 e. The van der Waals surface area contributed by atoms with E-state index in [2.05, 4.69) is 15.4 Å². The topological polar surface area (TPSA) is 97.2 Å². The summed E-state index contributed by atoms with van der Waals surface area (Å²) >= 11 is 1.34. The lowest BCUT2D eigenvalue weighted by Crippen LogP contribution is -2.37. The summed E-state index contributed by atoms with van der Waals surface area (Å²) in [6.45, 7) is 0.788. The maximum Gasteiger partial charge on any atom is 0.275 e. The van der Waals surface area contributed by atoms with Crippen LogP contribution in [0.15, 0.2) is 36.4 Å². The van der Waals surface area contributed by atoms with Crippen LogP contribution >= 0.6 is 11.3 Å². The van der Waals surface area contributed by atoms with E-state index in [0.29, 0.717) is 30.3 Å². The minimum absolute atomic E-state index is 0.213. The first kappa shape index (κ1) is 19.4. The molecule has 0 atom stereocenters. The lowest BCUT2D eigenvalue weighted by molar-refractivity contribution is 0.101. The van der Waals surface area contributed by atoms with E-state index in [0.717, 1.165) is 34.7 Å². The Bertz CT molecular complexity index is 1210. The van der Waals surface area contributed by atoms with Crippen LogP contribution in [0.2, 0.25) is 0 Å². The zero-order valence-electron chi connectivity index (χ0n) is 16.4. The molecule has 2 aliphatic rings. The lowest BCUT2D eigenvalue weighted by atomic mass is 10.1. The second-order valence-electron chi connectivity index (χ2n) is 7.58. The number of nitrogens with zero attached hydrogens (tertiary/aromatic N) is 4. The van der Waals surface area contributed by atoms with Crippen molar-refractivity contribution in [2.75, 3.05) is 11.9 Å². The zero-order valence-corrected chi connectivity index (χ0v) is 18.0. The van der Waals surface area contributed by atoms with Crippen molar-refractivity contribution in [2.45, 2.75) is 31.1 Å². The van der Waals surface area contributed by atoms with Crippen molar-refractivity contribution in [2.24, 2.45) is 7.05 Å². The van der Waals surface area contributed by atoms with E-state index in [1.54, 1.807) is 22.1 Å². The fourth-order valence-corrected chi connectivity index (χ4v) is 6.52. The standard InChI is InChI=1S/C20H21N5O3S2/c1-24-17(11-16(23-24)13-5-3-2-4-6-13)19(26)22-20-21-15-9-10-25(12-18(15)29-20)30(27,28)14-7-8-14/h2-6,11,14H,7-10,12H2,1H3,(H,21,22,26). The van der Waals surface area contributed by atoms with E-state index in [-0.39, 0.29) is 11.2 Å². The van der Waals surface area contributed by atoms with Gasteiger partial charge in [0, 0.05) is 37.0 Å². The predicted molar refractivity (Wildman–Crippen MR) is 115 cm³/mol. The number of aryl methyl sites for hydroxylation is 1. The van der Waals surface area contributed by atoms with Crippen LogP contribution in [0.1, 0.15) is 33.9 Å². The molecule has 1 aliphatic heterocycles. The third-order valence-corrected chi connectivity index (χ3v) is 8.75. The maximum absolute atomic E-state index is 12.8. The Morgan fingerprint density at radius 2 is 2.00 bits per heavy atom. The van der Waals surface area contributed by atoms with Gasteiger partial charge in [0.1, 0.15) is 5.69 Å². The number of amides is 1. The molecule has 0 saturated heterocycles. The van der Waals surface area contributed by atoms with Crippen molar-refractivity contribution in [3.8, 4) is 11.3 Å². The molecule has 156 valence electrons. The van der Waals surface area contributed by atoms with Crippen LogP contribution in [0, 0.1) is 0 Å². The minimum atomic E-state index is -3.20. The summed E-state index contributed by atoms with van der Waals surface area (Å²) in [4.78, 5) is 18.2. The predicted octanol–water partition coefficient (Wildman–Crippen LogP) is 2.65. The summed E-state index contributed by atoms with van der Waals surface area (Å²) in [6, 6.07) is 11.4. The largest absolute Gasteiger partial charge is 0.296 e. The van der Waals surface area contributed by atoms with Crippen LogP contribution in [0.25, 0.3) is 11.3 Å². The van der Waals surface area contributed by atoms with Gasteiger partial charge in [0.25, 0.3) is 5.91 Å². The molecule has 0 bridgehead atoms. The lowest BCUT2D eigenvalue weighted by Gasteiger charge is -2.25. The molecule has 0 spiro atoms. The second-order valence-corrected chi connectivity index (χ2v) is 10.9. The number of benzene rings is 1. The molecule has 1 N–H and O–H groups in total. The van der Waals surface area contributed by atoms with Crippen LogP contribution < -0.4 is 5.32 Å². The van der Waals surface area contributed by atoms with Gasteiger partial charge in [-0.1, -0.05) is 30.3 Å². The molecule has 8 nitrogen and oxygen atoms in total. The molecule has 30 heavy (non-hydrogen) atoms. The Labute approximate surface area is 178 Å². The summed E-state index contributed by atoms with van der Waals surface area (Å²) < 4.78 is 28.1. The Morgan fingerprint density at radius 1 is 1.23 bits per heavy atom. The van der Waals surface area contributed by atoms with Gasteiger partial charge >= 0.3 is 0 Å². The Morgan fingerprint density at radius 3 is 2.73 bits per heavy atom. The number of hydrogen-bond donors (Lipinski definition) is 1. The van der Waals surface area contributed by atoms with Crippen molar-refractivity contribution >= 4 is 32.4 Å². The first-order chi connectivity index (χ1) is 14.4. The highest BCUT2D eigenvalue weighted by Gasteiger charge is 2.41. The number of nitrogens with one attached hydrogen (secondary N) is 1. The van der Waals surface area contributed by atoms with Crippen LogP contribution in [-0.2, 0) is 30.0 Å². The van der Waals surface area contributed by atoms with Gasteiger partial charge in [0.2, 0.25) is 10.0 Å². The number of aromatic nitrogens is 3. The maximum atomic E-state index is 12.8. The summed E-state index contributed by atoms with van der Waals surface area (Å²) in [7, 11) is -1.47. The van der Waals surface area contributed by atoms with E-state index in [9.17, 15) is 13.2 Å². The summed E-state index contributed by atoms with van der Waals surface area (Å²) in [5.41, 5.74) is 2.96. The van der Waals surface area contributed by atoms with E-state index < -0.39 is 10.0 Å². The van der Waals surface area contributed by atoms with Gasteiger partial charge in [-0.25, -0.2) is 13.4 Å². The molecule has 3 heterocycles. The molecule has 1 aromatic carbocycles. The van der Waals surface area contributed by atoms with Gasteiger partial charge in [0.05, 0.1) is 16.6 Å². The summed E-state index contributed by atoms with van der Waals surface area (Å²) in [6.07, 6.45) is 2.08. The molecule has 3 aromatic rings. The molecule has 1 fully saturated rings. The van der Waals surface area contributed by atoms with E-state index in [1.165, 1.54) is 11.3 Å². The number of thiazole rings is 1. The van der Waals surface area contributed by atoms with Crippen molar-refractivity contribution in [1.82, 2.24) is 19.1 Å². The number of carbonyl (C=O) groups is 1. The Kier molecular flexibility index (Phi) is 4.72. The summed E-state index contributed by atoms with van der Waals surface area (Å²) in [5, 5.41) is 7.55. The van der Waals surface area contributed by atoms with Crippen LogP contribution in [0.4, 0.5) is 5.13 Å². The molecule has 1 saturated carbocycles. The average Bonchev–Trinajstić information content (AvgIpc) is 3.42. The third-order valence-electron chi connectivity index (χ3n) is 5.40. The van der Waals surface area contributed by atoms with Crippen LogP contribution in [0.3, 0.4) is 0 Å². The average molecular weight is 444 g/mol. The molecule has 1 amide bonds. The fraction of sp³-hybridized carbons (Fsp3) is 0.350. The highest BCUT2D eigenvalue weighted by molar-refractivity contribution is 7.90. The SMILES string of the molecule is Cn1nc(-c2ccccc2)cc1C(=O)Nc1nc2c(s1)CN(S(=O)(=O)C1CC1)CC2. The van der Waals surface area contributed by atoms with Gasteiger partial charge in [-0.2, -0.15) is 9.40 Å². The van der Waals surface area contributed by atoms with Crippen LogP contribution in [0.5, 0.6) is 0 Å². The number of rotatable bonds is 5. The monoisotopic (exact) mass is 443 g/mol. The zero-order chi connectivity index (χ0) is 20.9. The Balaban J connectivity index is 1.32. The third kappa shape index (κ3) is 3.55. The van der Waals surface area contributed by atoms with E-state index in [4.69, 9.17) is 0 Å². The summed E-state index contributed by atoms with van der Waals surface area (Å²) in [5.74, 6) is -0.291. The highest BCUT2D eigenvalue weighted by Crippen LogP contribution is 2.35. The fourth-order valence-electron chi connectivity index (χ4n) is 3.61. The molecule has 0 unspecified atom stereocenters. The number of sulfonamides is 1. The molecule has 5 rings (SSSR count). The van der Waals surface area contributed by atoms with Crippen LogP contribution in [-0.4, -0.2) is 45.2 Å². The van der Waals surface area contributed by atoms with Gasteiger partial charge < -0.3 is 0 Å². The highest BCUT2D eigenvalue weighted by atomic mass is 32.2. The first-order valence-electron chi connectivity index (χ1n) is 9.80.